The molecule has 0 unspecified atom stereocenters. The summed E-state index contributed by atoms with van der Waals surface area (Å²) < 4.78 is 4.96. The highest BCUT2D eigenvalue weighted by Gasteiger charge is 2.19. The van der Waals surface area contributed by atoms with Crippen LogP contribution in [0.2, 0.25) is 0 Å². The summed E-state index contributed by atoms with van der Waals surface area (Å²) in [4.78, 5) is 4.13. The van der Waals surface area contributed by atoms with Crippen LogP contribution in [-0.2, 0) is 4.74 Å². The van der Waals surface area contributed by atoms with Crippen LogP contribution in [0.15, 0.2) is 4.99 Å². The zero-order valence-corrected chi connectivity index (χ0v) is 9.88. The van der Waals surface area contributed by atoms with Gasteiger partial charge in [-0.2, -0.15) is 0 Å². The second-order valence-electron chi connectivity index (χ2n) is 4.00. The lowest BCUT2D eigenvalue weighted by Crippen LogP contribution is -2.39. The van der Waals surface area contributed by atoms with Crippen molar-refractivity contribution in [3.8, 4) is 0 Å². The predicted octanol–water partition coefficient (Wildman–Crippen LogP) is 0.988. The molecule has 1 saturated carbocycles. The topological polar surface area (TPSA) is 45.7 Å². The summed E-state index contributed by atoms with van der Waals surface area (Å²) in [5.41, 5.74) is 0. The Balaban J connectivity index is 1.94. The van der Waals surface area contributed by atoms with Gasteiger partial charge >= 0.3 is 0 Å². The fourth-order valence-corrected chi connectivity index (χ4v) is 1.50. The molecule has 0 aromatic rings. The molecule has 0 spiro atoms. The Hall–Kier alpha value is -0.770. The number of nitrogens with zero attached hydrogens (tertiary/aromatic N) is 1. The maximum atomic E-state index is 4.96. The second-order valence-corrected chi connectivity index (χ2v) is 4.00. The molecule has 0 aromatic heterocycles. The molecular weight excluding hydrogens is 190 g/mol. The van der Waals surface area contributed by atoms with Gasteiger partial charge in [0.25, 0.3) is 0 Å². The van der Waals surface area contributed by atoms with E-state index < -0.39 is 0 Å². The Bertz CT molecular complexity index is 190. The molecule has 15 heavy (non-hydrogen) atoms. The number of hydrogen-bond acceptors (Lipinski definition) is 2. The minimum Gasteiger partial charge on any atom is -0.383 e. The zero-order valence-electron chi connectivity index (χ0n) is 9.88. The monoisotopic (exact) mass is 213 g/mol. The smallest absolute Gasteiger partial charge is 0.191 e. The number of rotatable bonds is 7. The molecule has 0 atom stereocenters. The molecule has 0 saturated heterocycles. The lowest BCUT2D eigenvalue weighted by molar-refractivity contribution is 0.203. The van der Waals surface area contributed by atoms with Gasteiger partial charge in [0.2, 0.25) is 0 Å². The predicted molar refractivity (Wildman–Crippen MR) is 63.2 cm³/mol. The molecule has 2 N–H and O–H groups in total. The molecule has 0 aromatic carbocycles. The molecule has 0 heterocycles. The van der Waals surface area contributed by atoms with E-state index in [-0.39, 0.29) is 0 Å². The van der Waals surface area contributed by atoms with E-state index in [4.69, 9.17) is 4.74 Å². The van der Waals surface area contributed by atoms with Gasteiger partial charge in [0.1, 0.15) is 0 Å². The summed E-state index contributed by atoms with van der Waals surface area (Å²) in [6, 6.07) is 0. The molecule has 0 bridgehead atoms. The van der Waals surface area contributed by atoms with Crippen LogP contribution in [-0.4, -0.2) is 39.8 Å². The minimum absolute atomic E-state index is 0.711. The van der Waals surface area contributed by atoms with E-state index in [1.807, 2.05) is 0 Å². The molecule has 1 fully saturated rings. The van der Waals surface area contributed by atoms with E-state index in [0.29, 0.717) is 6.61 Å². The first kappa shape index (κ1) is 12.3. The first-order valence-electron chi connectivity index (χ1n) is 5.80. The van der Waals surface area contributed by atoms with Gasteiger partial charge < -0.3 is 15.4 Å². The van der Waals surface area contributed by atoms with E-state index in [0.717, 1.165) is 25.0 Å². The molecule has 0 amide bonds. The van der Waals surface area contributed by atoms with Crippen LogP contribution in [0.25, 0.3) is 0 Å². The van der Waals surface area contributed by atoms with Crippen molar-refractivity contribution in [2.24, 2.45) is 10.9 Å². The van der Waals surface area contributed by atoms with Crippen molar-refractivity contribution >= 4 is 5.96 Å². The van der Waals surface area contributed by atoms with Crippen LogP contribution >= 0.6 is 0 Å². The lowest BCUT2D eigenvalue weighted by atomic mass is 10.2. The molecule has 0 aliphatic heterocycles. The molecule has 1 aliphatic carbocycles. The van der Waals surface area contributed by atoms with Gasteiger partial charge in [-0.1, -0.05) is 12.8 Å². The highest BCUT2D eigenvalue weighted by molar-refractivity contribution is 5.79. The van der Waals surface area contributed by atoms with Crippen molar-refractivity contribution in [3.05, 3.63) is 0 Å². The zero-order chi connectivity index (χ0) is 10.9. The van der Waals surface area contributed by atoms with Gasteiger partial charge in [-0.25, -0.2) is 0 Å². The van der Waals surface area contributed by atoms with Crippen LogP contribution in [0.5, 0.6) is 0 Å². The third-order valence-corrected chi connectivity index (χ3v) is 2.60. The van der Waals surface area contributed by atoms with Crippen molar-refractivity contribution in [2.45, 2.75) is 25.7 Å². The Labute approximate surface area is 92.5 Å². The number of aliphatic imine (C=N–C) groups is 1. The van der Waals surface area contributed by atoms with Crippen molar-refractivity contribution in [3.63, 3.8) is 0 Å². The maximum Gasteiger partial charge on any atom is 0.191 e. The van der Waals surface area contributed by atoms with Gasteiger partial charge in [0.05, 0.1) is 6.61 Å². The van der Waals surface area contributed by atoms with Crippen LogP contribution in [0.1, 0.15) is 25.7 Å². The van der Waals surface area contributed by atoms with Gasteiger partial charge in [0.15, 0.2) is 5.96 Å². The number of nitrogens with one attached hydrogen (secondary N) is 2. The van der Waals surface area contributed by atoms with Crippen LogP contribution in [0.4, 0.5) is 0 Å². The highest BCUT2D eigenvalue weighted by Crippen LogP contribution is 2.33. The van der Waals surface area contributed by atoms with Crippen molar-refractivity contribution in [1.29, 1.82) is 0 Å². The number of guanidine groups is 1. The van der Waals surface area contributed by atoms with Crippen molar-refractivity contribution < 1.29 is 4.74 Å². The van der Waals surface area contributed by atoms with Crippen LogP contribution in [0.3, 0.4) is 0 Å². The minimum atomic E-state index is 0.711. The fourth-order valence-electron chi connectivity index (χ4n) is 1.50. The second kappa shape index (κ2) is 7.51. The molecule has 0 radical (unpaired) electrons. The summed E-state index contributed by atoms with van der Waals surface area (Å²) in [6.45, 7) is 2.53. The Morgan fingerprint density at radius 3 is 2.67 bits per heavy atom. The first-order chi connectivity index (χ1) is 7.36. The summed E-state index contributed by atoms with van der Waals surface area (Å²) in [6.07, 6.45) is 5.50. The SMILES string of the molecule is CN=C(NCCCC1CC1)NCCOC. The van der Waals surface area contributed by atoms with E-state index in [2.05, 4.69) is 15.6 Å². The van der Waals surface area contributed by atoms with Gasteiger partial charge in [-0.05, 0) is 18.8 Å². The summed E-state index contributed by atoms with van der Waals surface area (Å²) in [5.74, 6) is 1.90. The van der Waals surface area contributed by atoms with E-state index in [1.54, 1.807) is 14.2 Å². The molecule has 4 nitrogen and oxygen atoms in total. The molecular formula is C11H23N3O. The molecule has 4 heteroatoms. The number of hydrogen-bond donors (Lipinski definition) is 2. The average molecular weight is 213 g/mol. The third-order valence-electron chi connectivity index (χ3n) is 2.60. The van der Waals surface area contributed by atoms with Crippen molar-refractivity contribution in [2.75, 3.05) is 33.9 Å². The van der Waals surface area contributed by atoms with E-state index in [1.165, 1.54) is 25.7 Å². The molecule has 1 rings (SSSR count). The van der Waals surface area contributed by atoms with E-state index in [9.17, 15) is 0 Å². The fraction of sp³-hybridized carbons (Fsp3) is 0.909. The number of ether oxygens (including phenoxy) is 1. The lowest BCUT2D eigenvalue weighted by Gasteiger charge is -2.11. The third kappa shape index (κ3) is 6.33. The Kier molecular flexibility index (Phi) is 6.16. The van der Waals surface area contributed by atoms with Crippen LogP contribution in [0, 0.1) is 5.92 Å². The highest BCUT2D eigenvalue weighted by atomic mass is 16.5. The van der Waals surface area contributed by atoms with Gasteiger partial charge in [-0.3, -0.25) is 4.99 Å². The summed E-state index contributed by atoms with van der Waals surface area (Å²) >= 11 is 0. The summed E-state index contributed by atoms with van der Waals surface area (Å²) in [7, 11) is 3.50. The maximum absolute atomic E-state index is 4.96. The quantitative estimate of drug-likeness (QED) is 0.376. The Morgan fingerprint density at radius 1 is 1.33 bits per heavy atom. The molecule has 88 valence electrons. The van der Waals surface area contributed by atoms with Gasteiger partial charge in [-0.15, -0.1) is 0 Å². The van der Waals surface area contributed by atoms with E-state index >= 15 is 0 Å². The average Bonchev–Trinajstić information content (AvgIpc) is 3.05. The standard InChI is InChI=1S/C11H23N3O/c1-12-11(14-8-9-15-2)13-7-3-4-10-5-6-10/h10H,3-9H2,1-2H3,(H2,12,13,14). The van der Waals surface area contributed by atoms with Gasteiger partial charge in [0, 0.05) is 27.2 Å². The molecule has 1 aliphatic rings. The normalized spacial score (nSPS) is 16.5. The Morgan fingerprint density at radius 2 is 2.07 bits per heavy atom. The largest absolute Gasteiger partial charge is 0.383 e. The van der Waals surface area contributed by atoms with Crippen LogP contribution < -0.4 is 10.6 Å². The summed E-state index contributed by atoms with van der Waals surface area (Å²) in [5, 5.41) is 6.48. The number of methoxy groups -OCH3 is 1. The van der Waals surface area contributed by atoms with Crippen molar-refractivity contribution in [1.82, 2.24) is 10.6 Å². The first-order valence-corrected chi connectivity index (χ1v) is 5.80.